The van der Waals surface area contributed by atoms with Gasteiger partial charge in [0.05, 0.1) is 0 Å². The summed E-state index contributed by atoms with van der Waals surface area (Å²) < 4.78 is 1.02. The highest BCUT2D eigenvalue weighted by Crippen LogP contribution is 2.41. The van der Waals surface area contributed by atoms with Gasteiger partial charge in [0.15, 0.2) is 4.34 Å². The predicted octanol–water partition coefficient (Wildman–Crippen LogP) is 5.25. The van der Waals surface area contributed by atoms with Gasteiger partial charge in [-0.3, -0.25) is 0 Å². The van der Waals surface area contributed by atoms with Gasteiger partial charge < -0.3 is 5.73 Å². The molecule has 0 aliphatic carbocycles. The van der Waals surface area contributed by atoms with E-state index in [0.717, 1.165) is 20.6 Å². The summed E-state index contributed by atoms with van der Waals surface area (Å²) in [6.07, 6.45) is 0. The van der Waals surface area contributed by atoms with Gasteiger partial charge in [-0.25, -0.2) is 4.98 Å². The summed E-state index contributed by atoms with van der Waals surface area (Å²) in [5.74, 6) is 0. The Kier molecular flexibility index (Phi) is 4.27. The molecule has 0 fully saturated rings. The zero-order valence-electron chi connectivity index (χ0n) is 11.7. The van der Waals surface area contributed by atoms with E-state index < -0.39 is 0 Å². The molecule has 0 saturated heterocycles. The number of nitrogen functional groups attached to an aromatic ring is 1. The summed E-state index contributed by atoms with van der Waals surface area (Å²) in [4.78, 5) is 4.70. The largest absolute Gasteiger partial charge is 0.389 e. The number of benzene rings is 2. The summed E-state index contributed by atoms with van der Waals surface area (Å²) in [6.45, 7) is 2.19. The van der Waals surface area contributed by atoms with Gasteiger partial charge >= 0.3 is 0 Å². The Labute approximate surface area is 133 Å². The number of anilines is 1. The maximum absolute atomic E-state index is 6.13. The maximum Gasteiger partial charge on any atom is 0.153 e. The zero-order chi connectivity index (χ0) is 14.7. The van der Waals surface area contributed by atoms with Gasteiger partial charge in [0.1, 0.15) is 10.7 Å². The molecule has 3 rings (SSSR count). The topological polar surface area (TPSA) is 38.9 Å². The second-order valence-electron chi connectivity index (χ2n) is 4.73. The fraction of sp³-hybridized carbons (Fsp3) is 0.118. The number of hydrogen-bond donors (Lipinski definition) is 1. The van der Waals surface area contributed by atoms with E-state index in [4.69, 9.17) is 10.7 Å². The molecule has 1 atom stereocenters. The minimum absolute atomic E-state index is 0.361. The number of nitrogens with two attached hydrogens (primary N) is 1. The lowest BCUT2D eigenvalue weighted by atomic mass is 10.2. The summed E-state index contributed by atoms with van der Waals surface area (Å²) in [5.41, 5.74) is 9.40. The first-order chi connectivity index (χ1) is 10.2. The number of aromatic nitrogens is 1. The highest BCUT2D eigenvalue weighted by Gasteiger charge is 2.14. The number of hydrogen-bond acceptors (Lipinski definition) is 4. The van der Waals surface area contributed by atoms with Gasteiger partial charge in [-0.1, -0.05) is 83.8 Å². The van der Waals surface area contributed by atoms with Crippen LogP contribution in [0, 0.1) is 0 Å². The molecule has 2 N–H and O–H groups in total. The van der Waals surface area contributed by atoms with E-state index in [1.807, 2.05) is 36.4 Å². The van der Waals surface area contributed by atoms with Crippen LogP contribution >= 0.6 is 23.1 Å². The highest BCUT2D eigenvalue weighted by atomic mass is 32.2. The first-order valence-electron chi connectivity index (χ1n) is 6.77. The first kappa shape index (κ1) is 14.2. The van der Waals surface area contributed by atoms with E-state index in [-0.39, 0.29) is 0 Å². The smallest absolute Gasteiger partial charge is 0.153 e. The third kappa shape index (κ3) is 3.28. The summed E-state index contributed by atoms with van der Waals surface area (Å²) in [7, 11) is 0. The molecule has 0 saturated carbocycles. The standard InChI is InChI=1S/C17H16N2S2/c1-12(13-8-4-2-5-9-13)20-17-19-15(16(18)21-17)14-10-6-3-7-11-14/h2-12H,18H2,1H3. The molecule has 0 radical (unpaired) electrons. The second kappa shape index (κ2) is 6.33. The van der Waals surface area contributed by atoms with Crippen LogP contribution in [0.2, 0.25) is 0 Å². The molecule has 106 valence electrons. The van der Waals surface area contributed by atoms with Crippen LogP contribution in [0.3, 0.4) is 0 Å². The van der Waals surface area contributed by atoms with Crippen molar-refractivity contribution in [2.24, 2.45) is 0 Å². The van der Waals surface area contributed by atoms with Gasteiger partial charge in [0.25, 0.3) is 0 Å². The first-order valence-corrected chi connectivity index (χ1v) is 8.47. The lowest BCUT2D eigenvalue weighted by Crippen LogP contribution is -1.87. The molecule has 1 aromatic heterocycles. The number of nitrogens with zero attached hydrogens (tertiary/aromatic N) is 1. The van der Waals surface area contributed by atoms with Crippen LogP contribution in [0.4, 0.5) is 5.00 Å². The van der Waals surface area contributed by atoms with Crippen LogP contribution in [0.1, 0.15) is 17.7 Å². The Balaban J connectivity index is 1.82. The molecule has 0 aliphatic rings. The van der Waals surface area contributed by atoms with E-state index in [9.17, 15) is 0 Å². The van der Waals surface area contributed by atoms with Crippen molar-refractivity contribution in [1.29, 1.82) is 0 Å². The highest BCUT2D eigenvalue weighted by molar-refractivity contribution is 8.01. The molecule has 0 bridgehead atoms. The van der Waals surface area contributed by atoms with Crippen molar-refractivity contribution in [2.45, 2.75) is 16.5 Å². The van der Waals surface area contributed by atoms with Crippen LogP contribution in [-0.2, 0) is 0 Å². The molecule has 2 nitrogen and oxygen atoms in total. The lowest BCUT2D eigenvalue weighted by molar-refractivity contribution is 1.09. The van der Waals surface area contributed by atoms with Crippen molar-refractivity contribution in [3.05, 3.63) is 66.2 Å². The van der Waals surface area contributed by atoms with Crippen LogP contribution in [-0.4, -0.2) is 4.98 Å². The molecule has 0 aliphatic heterocycles. The number of thioether (sulfide) groups is 1. The fourth-order valence-corrected chi connectivity index (χ4v) is 4.33. The third-order valence-electron chi connectivity index (χ3n) is 3.23. The monoisotopic (exact) mass is 312 g/mol. The Morgan fingerprint density at radius 1 is 1.00 bits per heavy atom. The van der Waals surface area contributed by atoms with Crippen LogP contribution in [0.15, 0.2) is 65.0 Å². The van der Waals surface area contributed by atoms with Gasteiger partial charge in [-0.2, -0.15) is 0 Å². The van der Waals surface area contributed by atoms with Gasteiger partial charge in [0, 0.05) is 10.8 Å². The van der Waals surface area contributed by atoms with Crippen molar-refractivity contribution in [1.82, 2.24) is 4.98 Å². The minimum atomic E-state index is 0.361. The van der Waals surface area contributed by atoms with E-state index in [1.54, 1.807) is 23.1 Å². The van der Waals surface area contributed by atoms with E-state index in [1.165, 1.54) is 5.56 Å². The summed E-state index contributed by atoms with van der Waals surface area (Å²) in [5, 5.41) is 1.14. The average Bonchev–Trinajstić information content (AvgIpc) is 2.89. The van der Waals surface area contributed by atoms with Crippen molar-refractivity contribution in [2.75, 3.05) is 5.73 Å². The number of rotatable bonds is 4. The predicted molar refractivity (Wildman–Crippen MR) is 92.7 cm³/mol. The van der Waals surface area contributed by atoms with Gasteiger partial charge in [-0.05, 0) is 12.5 Å². The molecule has 4 heteroatoms. The van der Waals surface area contributed by atoms with E-state index in [0.29, 0.717) is 5.25 Å². The quantitative estimate of drug-likeness (QED) is 0.669. The Hall–Kier alpha value is -1.78. The lowest BCUT2D eigenvalue weighted by Gasteiger charge is -2.08. The molecule has 21 heavy (non-hydrogen) atoms. The summed E-state index contributed by atoms with van der Waals surface area (Å²) in [6, 6.07) is 20.6. The van der Waals surface area contributed by atoms with Crippen molar-refractivity contribution in [3.8, 4) is 11.3 Å². The van der Waals surface area contributed by atoms with Crippen molar-refractivity contribution >= 4 is 28.1 Å². The molecule has 1 unspecified atom stereocenters. The Morgan fingerprint density at radius 3 is 2.29 bits per heavy atom. The average molecular weight is 312 g/mol. The molecule has 3 aromatic rings. The van der Waals surface area contributed by atoms with Gasteiger partial charge in [-0.15, -0.1) is 0 Å². The summed E-state index contributed by atoms with van der Waals surface area (Å²) >= 11 is 3.32. The normalized spacial score (nSPS) is 12.2. The third-order valence-corrected chi connectivity index (χ3v) is 5.36. The van der Waals surface area contributed by atoms with E-state index >= 15 is 0 Å². The molecular weight excluding hydrogens is 296 g/mol. The molecule has 0 amide bonds. The van der Waals surface area contributed by atoms with E-state index in [2.05, 4.69) is 31.2 Å². The van der Waals surface area contributed by atoms with Crippen molar-refractivity contribution < 1.29 is 0 Å². The Bertz CT molecular complexity index is 708. The molecule has 0 spiro atoms. The Morgan fingerprint density at radius 2 is 1.62 bits per heavy atom. The molecular formula is C17H16N2S2. The second-order valence-corrected chi connectivity index (χ2v) is 7.35. The molecule has 1 heterocycles. The van der Waals surface area contributed by atoms with Crippen LogP contribution in [0.5, 0.6) is 0 Å². The number of thiazole rings is 1. The zero-order valence-corrected chi connectivity index (χ0v) is 13.3. The van der Waals surface area contributed by atoms with Crippen LogP contribution < -0.4 is 5.73 Å². The SMILES string of the molecule is CC(Sc1nc(-c2ccccc2)c(N)s1)c1ccccc1. The fourth-order valence-electron chi connectivity index (χ4n) is 2.11. The molecule has 2 aromatic carbocycles. The van der Waals surface area contributed by atoms with Crippen LogP contribution in [0.25, 0.3) is 11.3 Å². The maximum atomic E-state index is 6.13. The van der Waals surface area contributed by atoms with Gasteiger partial charge in [0.2, 0.25) is 0 Å². The minimum Gasteiger partial charge on any atom is -0.389 e. The van der Waals surface area contributed by atoms with Crippen molar-refractivity contribution in [3.63, 3.8) is 0 Å².